The van der Waals surface area contributed by atoms with E-state index in [1.165, 1.54) is 0 Å². The Morgan fingerprint density at radius 2 is 1.69 bits per heavy atom. The van der Waals surface area contributed by atoms with E-state index in [9.17, 15) is 0 Å². The predicted molar refractivity (Wildman–Crippen MR) is 53.1 cm³/mol. The van der Waals surface area contributed by atoms with Gasteiger partial charge in [0.05, 0.1) is 5.67 Å². The van der Waals surface area contributed by atoms with E-state index in [-0.39, 0.29) is 5.67 Å². The first-order valence-corrected chi connectivity index (χ1v) is 6.09. The lowest BCUT2D eigenvalue weighted by Gasteiger charge is -2.31. The summed E-state index contributed by atoms with van der Waals surface area (Å²) in [6.07, 6.45) is 0.860. The average Bonchev–Trinajstić information content (AvgIpc) is 2.19. The summed E-state index contributed by atoms with van der Waals surface area (Å²) < 4.78 is 16.0. The molecule has 0 amide bonds. The molecule has 0 saturated heterocycles. The number of hydrogen-bond acceptors (Lipinski definition) is 5. The molecule has 0 bridgehead atoms. The molecule has 1 unspecified atom stereocenters. The fourth-order valence-electron chi connectivity index (χ4n) is 1.34. The molecule has 1 atom stereocenters. The monoisotopic (exact) mass is 208 g/mol. The maximum Gasteiger partial charge on any atom is 0.518 e. The van der Waals surface area contributed by atoms with E-state index in [1.54, 1.807) is 21.3 Å². The van der Waals surface area contributed by atoms with Crippen LogP contribution in [0.15, 0.2) is 0 Å². The van der Waals surface area contributed by atoms with Crippen LogP contribution in [-0.2, 0) is 13.3 Å². The third-order valence-corrected chi connectivity index (χ3v) is 5.23. The van der Waals surface area contributed by atoms with Gasteiger partial charge in [-0.15, -0.1) is 0 Å². The maximum absolute atomic E-state index is 5.41. The van der Waals surface area contributed by atoms with E-state index in [0.29, 0.717) is 6.67 Å². The highest BCUT2D eigenvalue weighted by molar-refractivity contribution is 6.62. The summed E-state index contributed by atoms with van der Waals surface area (Å²) in [5.74, 6) is 0. The van der Waals surface area contributed by atoms with Crippen LogP contribution in [0.5, 0.6) is 0 Å². The van der Waals surface area contributed by atoms with Crippen molar-refractivity contribution in [3.8, 4) is 0 Å². The molecule has 0 heterocycles. The first kappa shape index (κ1) is 13.0. The van der Waals surface area contributed by atoms with Gasteiger partial charge in [0, 0.05) is 28.0 Å². The van der Waals surface area contributed by atoms with Gasteiger partial charge in [0.2, 0.25) is 0 Å². The minimum absolute atomic E-state index is 0.0532. The lowest BCUT2D eigenvalue weighted by atomic mass is 10.5. The molecule has 6 heteroatoms. The second kappa shape index (κ2) is 6.47. The Labute approximate surface area is 80.9 Å². The topological polar surface area (TPSA) is 65.7 Å². The molecule has 0 aliphatic heterocycles. The highest BCUT2D eigenvalue weighted by atomic mass is 28.4. The molecule has 0 aliphatic carbocycles. The van der Waals surface area contributed by atoms with Crippen molar-refractivity contribution in [2.75, 3.05) is 28.0 Å². The summed E-state index contributed by atoms with van der Waals surface area (Å²) in [5, 5.41) is 3.09. The molecule has 0 radical (unpaired) electrons. The fourth-order valence-corrected chi connectivity index (χ4v) is 3.56. The summed E-state index contributed by atoms with van der Waals surface area (Å²) in [6.45, 7) is 2.43. The van der Waals surface area contributed by atoms with Gasteiger partial charge in [-0.05, 0) is 6.42 Å². The van der Waals surface area contributed by atoms with E-state index < -0.39 is 8.80 Å². The second-order valence-electron chi connectivity index (χ2n) is 2.59. The van der Waals surface area contributed by atoms with Gasteiger partial charge in [0.15, 0.2) is 0 Å². The Bertz CT molecular complexity index is 125. The summed E-state index contributed by atoms with van der Waals surface area (Å²) in [4.78, 5) is 0. The van der Waals surface area contributed by atoms with Crippen LogP contribution in [0.25, 0.3) is 0 Å². The van der Waals surface area contributed by atoms with Gasteiger partial charge < -0.3 is 19.0 Å². The van der Waals surface area contributed by atoms with Crippen LogP contribution in [0.3, 0.4) is 0 Å². The zero-order valence-electron chi connectivity index (χ0n) is 8.79. The summed E-state index contributed by atoms with van der Waals surface area (Å²) >= 11 is 0. The van der Waals surface area contributed by atoms with Gasteiger partial charge in [-0.25, -0.2) is 0 Å². The smallest absolute Gasteiger partial charge is 0.376 e. The van der Waals surface area contributed by atoms with Crippen LogP contribution in [-0.4, -0.2) is 42.5 Å². The molecule has 3 N–H and O–H groups in total. The quantitative estimate of drug-likeness (QED) is 0.444. The predicted octanol–water partition coefficient (Wildman–Crippen LogP) is -0.312. The van der Waals surface area contributed by atoms with Crippen molar-refractivity contribution < 1.29 is 13.3 Å². The first-order chi connectivity index (χ1) is 6.20. The van der Waals surface area contributed by atoms with Crippen molar-refractivity contribution in [3.05, 3.63) is 0 Å². The van der Waals surface area contributed by atoms with E-state index in [1.807, 2.05) is 6.92 Å². The Kier molecular flexibility index (Phi) is 6.48. The van der Waals surface area contributed by atoms with Crippen molar-refractivity contribution in [1.29, 1.82) is 0 Å². The molecule has 13 heavy (non-hydrogen) atoms. The van der Waals surface area contributed by atoms with Gasteiger partial charge in [0.1, 0.15) is 0 Å². The number of nitrogens with one attached hydrogen (secondary N) is 1. The molecule has 0 aromatic rings. The Morgan fingerprint density at radius 1 is 1.23 bits per heavy atom. The average molecular weight is 208 g/mol. The van der Waals surface area contributed by atoms with E-state index in [0.717, 1.165) is 6.42 Å². The largest absolute Gasteiger partial charge is 0.518 e. The molecule has 0 saturated carbocycles. The summed E-state index contributed by atoms with van der Waals surface area (Å²) in [7, 11) is 2.23. The minimum Gasteiger partial charge on any atom is -0.376 e. The van der Waals surface area contributed by atoms with Gasteiger partial charge in [-0.3, -0.25) is 5.32 Å². The molecular formula is C7H20N2O3Si. The molecule has 0 rings (SSSR count). The lowest BCUT2D eigenvalue weighted by Crippen LogP contribution is -2.61. The number of rotatable bonds is 7. The highest BCUT2D eigenvalue weighted by Crippen LogP contribution is 2.13. The normalized spacial score (nSPS) is 14.5. The molecular weight excluding hydrogens is 188 g/mol. The van der Waals surface area contributed by atoms with Crippen molar-refractivity contribution in [2.45, 2.75) is 19.0 Å². The van der Waals surface area contributed by atoms with Crippen LogP contribution in [0.2, 0.25) is 0 Å². The standard InChI is InChI=1S/C7H20N2O3Si/c1-5-7(9-6-8)13(10-2,11-3)12-4/h7,9H,5-6,8H2,1-4H3. The summed E-state index contributed by atoms with van der Waals surface area (Å²) in [5.41, 5.74) is 5.46. The van der Waals surface area contributed by atoms with Gasteiger partial charge >= 0.3 is 8.80 Å². The van der Waals surface area contributed by atoms with Crippen molar-refractivity contribution >= 4 is 8.80 Å². The van der Waals surface area contributed by atoms with Gasteiger partial charge in [-0.1, -0.05) is 6.92 Å². The van der Waals surface area contributed by atoms with E-state index in [4.69, 9.17) is 19.0 Å². The summed E-state index contributed by atoms with van der Waals surface area (Å²) in [6, 6.07) is 0. The van der Waals surface area contributed by atoms with E-state index >= 15 is 0 Å². The molecule has 0 aromatic carbocycles. The molecule has 5 nitrogen and oxygen atoms in total. The number of nitrogens with two attached hydrogens (primary N) is 1. The van der Waals surface area contributed by atoms with Crippen molar-refractivity contribution in [2.24, 2.45) is 5.73 Å². The number of hydrogen-bond donors (Lipinski definition) is 2. The SMILES string of the molecule is CCC(NCN)[Si](OC)(OC)OC. The van der Waals surface area contributed by atoms with Crippen LogP contribution < -0.4 is 11.1 Å². The minimum atomic E-state index is -2.56. The highest BCUT2D eigenvalue weighted by Gasteiger charge is 2.46. The van der Waals surface area contributed by atoms with Crippen molar-refractivity contribution in [1.82, 2.24) is 5.32 Å². The molecule has 0 aliphatic rings. The second-order valence-corrected chi connectivity index (χ2v) is 5.71. The van der Waals surface area contributed by atoms with Gasteiger partial charge in [0.25, 0.3) is 0 Å². The first-order valence-electron chi connectivity index (χ1n) is 4.29. The Balaban J connectivity index is 4.45. The fraction of sp³-hybridized carbons (Fsp3) is 1.00. The van der Waals surface area contributed by atoms with E-state index in [2.05, 4.69) is 5.32 Å². The van der Waals surface area contributed by atoms with Gasteiger partial charge in [-0.2, -0.15) is 0 Å². The lowest BCUT2D eigenvalue weighted by molar-refractivity contribution is 0.106. The molecule has 0 fully saturated rings. The zero-order valence-corrected chi connectivity index (χ0v) is 9.79. The third-order valence-electron chi connectivity index (χ3n) is 2.05. The van der Waals surface area contributed by atoms with Crippen molar-refractivity contribution in [3.63, 3.8) is 0 Å². The van der Waals surface area contributed by atoms with Crippen LogP contribution in [0.1, 0.15) is 13.3 Å². The Hall–Kier alpha value is 0.0169. The van der Waals surface area contributed by atoms with Crippen LogP contribution in [0.4, 0.5) is 0 Å². The Morgan fingerprint density at radius 3 is 1.92 bits per heavy atom. The zero-order chi connectivity index (χ0) is 10.3. The van der Waals surface area contributed by atoms with Crippen LogP contribution in [0, 0.1) is 0 Å². The third kappa shape index (κ3) is 3.01. The maximum atomic E-state index is 5.41. The molecule has 80 valence electrons. The molecule has 0 spiro atoms. The van der Waals surface area contributed by atoms with Crippen LogP contribution >= 0.6 is 0 Å². The molecule has 0 aromatic heterocycles.